The number of rotatable bonds is 4. The van der Waals surface area contributed by atoms with Crippen LogP contribution in [-0.2, 0) is 10.7 Å². The molecule has 1 unspecified atom stereocenters. The molecule has 7 heteroatoms. The molecule has 1 N–H and O–H groups in total. The van der Waals surface area contributed by atoms with Gasteiger partial charge >= 0.3 is 0 Å². The average molecular weight is 314 g/mol. The fourth-order valence-corrected chi connectivity index (χ4v) is 2.54. The molecule has 4 nitrogen and oxygen atoms in total. The standard InChI is InChI=1S/C14H14ClF2N3O/c1-7(14(21)18-8-2-3-8)20-11(6-15)19-10-5-4-9(16)12(17)13(10)20/h4-5,7-8H,2-3,6H2,1H3,(H,18,21). The van der Waals surface area contributed by atoms with Crippen LogP contribution in [0.4, 0.5) is 8.78 Å². The number of nitrogens with zero attached hydrogens (tertiary/aromatic N) is 2. The summed E-state index contributed by atoms with van der Waals surface area (Å²) in [5.74, 6) is -1.87. The first-order valence-electron chi connectivity index (χ1n) is 6.74. The summed E-state index contributed by atoms with van der Waals surface area (Å²) in [7, 11) is 0. The highest BCUT2D eigenvalue weighted by molar-refractivity contribution is 6.17. The van der Waals surface area contributed by atoms with E-state index in [0.717, 1.165) is 18.9 Å². The fourth-order valence-electron chi connectivity index (χ4n) is 2.35. The smallest absolute Gasteiger partial charge is 0.243 e. The van der Waals surface area contributed by atoms with Gasteiger partial charge in [-0.15, -0.1) is 11.6 Å². The fraction of sp³-hybridized carbons (Fsp3) is 0.429. The van der Waals surface area contributed by atoms with Crippen LogP contribution in [0.3, 0.4) is 0 Å². The van der Waals surface area contributed by atoms with Crippen molar-refractivity contribution in [1.82, 2.24) is 14.9 Å². The van der Waals surface area contributed by atoms with Crippen molar-refractivity contribution in [2.24, 2.45) is 0 Å². The molecule has 21 heavy (non-hydrogen) atoms. The molecule has 112 valence electrons. The van der Waals surface area contributed by atoms with Crippen LogP contribution in [0.2, 0.25) is 0 Å². The predicted molar refractivity (Wildman–Crippen MR) is 75.1 cm³/mol. The zero-order chi connectivity index (χ0) is 15.1. The zero-order valence-corrected chi connectivity index (χ0v) is 12.1. The van der Waals surface area contributed by atoms with Crippen LogP contribution >= 0.6 is 11.6 Å². The lowest BCUT2D eigenvalue weighted by molar-refractivity contribution is -0.124. The highest BCUT2D eigenvalue weighted by atomic mass is 35.5. The van der Waals surface area contributed by atoms with Gasteiger partial charge in [-0.25, -0.2) is 13.8 Å². The summed E-state index contributed by atoms with van der Waals surface area (Å²) in [6, 6.07) is 1.88. The second-order valence-corrected chi connectivity index (χ2v) is 5.49. The Morgan fingerprint density at radius 2 is 2.24 bits per heavy atom. The van der Waals surface area contributed by atoms with Gasteiger partial charge in [0.15, 0.2) is 11.6 Å². The average Bonchev–Trinajstić information content (AvgIpc) is 3.19. The Labute approximate surface area is 125 Å². The minimum absolute atomic E-state index is 0.0107. The minimum Gasteiger partial charge on any atom is -0.352 e. The quantitative estimate of drug-likeness (QED) is 0.882. The number of carbonyl (C=O) groups is 1. The number of amides is 1. The maximum absolute atomic E-state index is 14.1. The van der Waals surface area contributed by atoms with Crippen LogP contribution in [0, 0.1) is 11.6 Å². The van der Waals surface area contributed by atoms with Gasteiger partial charge in [-0.3, -0.25) is 4.79 Å². The van der Waals surface area contributed by atoms with Crippen molar-refractivity contribution in [3.05, 3.63) is 29.6 Å². The van der Waals surface area contributed by atoms with Crippen molar-refractivity contribution in [3.8, 4) is 0 Å². The molecular weight excluding hydrogens is 300 g/mol. The molecule has 0 saturated heterocycles. The molecule has 0 aliphatic heterocycles. The van der Waals surface area contributed by atoms with Gasteiger partial charge in [0, 0.05) is 6.04 Å². The highest BCUT2D eigenvalue weighted by Gasteiger charge is 2.29. The van der Waals surface area contributed by atoms with E-state index >= 15 is 0 Å². The van der Waals surface area contributed by atoms with Crippen LogP contribution in [0.1, 0.15) is 31.6 Å². The minimum atomic E-state index is -1.01. The van der Waals surface area contributed by atoms with E-state index in [0.29, 0.717) is 5.82 Å². The number of benzene rings is 1. The van der Waals surface area contributed by atoms with Crippen molar-refractivity contribution >= 4 is 28.5 Å². The summed E-state index contributed by atoms with van der Waals surface area (Å²) in [4.78, 5) is 16.4. The van der Waals surface area contributed by atoms with E-state index in [1.807, 2.05) is 0 Å². The second-order valence-electron chi connectivity index (χ2n) is 5.22. The molecule has 0 radical (unpaired) electrons. The molecule has 1 amide bonds. The lowest BCUT2D eigenvalue weighted by atomic mass is 10.2. The largest absolute Gasteiger partial charge is 0.352 e. The molecule has 1 heterocycles. The monoisotopic (exact) mass is 313 g/mol. The number of aromatic nitrogens is 2. The molecule has 1 aromatic carbocycles. The first kappa shape index (κ1) is 14.3. The van der Waals surface area contributed by atoms with E-state index in [4.69, 9.17) is 11.6 Å². The first-order valence-corrected chi connectivity index (χ1v) is 7.27. The van der Waals surface area contributed by atoms with Crippen LogP contribution < -0.4 is 5.32 Å². The number of hydrogen-bond donors (Lipinski definition) is 1. The Bertz CT molecular complexity index is 712. The Morgan fingerprint density at radius 1 is 1.52 bits per heavy atom. The zero-order valence-electron chi connectivity index (χ0n) is 11.4. The molecule has 0 bridgehead atoms. The van der Waals surface area contributed by atoms with E-state index in [2.05, 4.69) is 10.3 Å². The van der Waals surface area contributed by atoms with Crippen LogP contribution in [0.15, 0.2) is 12.1 Å². The Balaban J connectivity index is 2.10. The summed E-state index contributed by atoms with van der Waals surface area (Å²) in [6.45, 7) is 1.62. The molecule has 1 aromatic heterocycles. The molecule has 1 saturated carbocycles. The third-order valence-electron chi connectivity index (χ3n) is 3.63. The topological polar surface area (TPSA) is 46.9 Å². The van der Waals surface area contributed by atoms with Crippen molar-refractivity contribution in [1.29, 1.82) is 0 Å². The Kier molecular flexibility index (Phi) is 3.57. The number of hydrogen-bond acceptors (Lipinski definition) is 2. The van der Waals surface area contributed by atoms with E-state index < -0.39 is 17.7 Å². The highest BCUT2D eigenvalue weighted by Crippen LogP contribution is 2.27. The number of alkyl halides is 1. The van der Waals surface area contributed by atoms with E-state index in [9.17, 15) is 13.6 Å². The van der Waals surface area contributed by atoms with E-state index in [1.165, 1.54) is 10.6 Å². The summed E-state index contributed by atoms with van der Waals surface area (Å²) in [5, 5.41) is 2.85. The first-order chi connectivity index (χ1) is 10.0. The van der Waals surface area contributed by atoms with Gasteiger partial charge in [0.2, 0.25) is 5.91 Å². The van der Waals surface area contributed by atoms with Crippen LogP contribution in [0.5, 0.6) is 0 Å². The molecule has 0 spiro atoms. The van der Waals surface area contributed by atoms with Gasteiger partial charge in [-0.2, -0.15) is 0 Å². The van der Waals surface area contributed by atoms with E-state index in [1.54, 1.807) is 6.92 Å². The molecular formula is C14H14ClF2N3O. The normalized spacial score (nSPS) is 16.2. The van der Waals surface area contributed by atoms with Crippen molar-refractivity contribution in [2.75, 3.05) is 0 Å². The van der Waals surface area contributed by atoms with Gasteiger partial charge in [0.1, 0.15) is 17.4 Å². The molecule has 1 aliphatic carbocycles. The lowest BCUT2D eigenvalue weighted by Crippen LogP contribution is -2.33. The Hall–Kier alpha value is -1.69. The Morgan fingerprint density at radius 3 is 2.86 bits per heavy atom. The SMILES string of the molecule is CC(C(=O)NC1CC1)n1c(CCl)nc2ccc(F)c(F)c21. The number of fused-ring (bicyclic) bond motifs is 1. The molecule has 1 aliphatic rings. The summed E-state index contributed by atoms with van der Waals surface area (Å²) in [6.07, 6.45) is 1.91. The van der Waals surface area contributed by atoms with Gasteiger partial charge in [0.25, 0.3) is 0 Å². The van der Waals surface area contributed by atoms with Crippen LogP contribution in [0.25, 0.3) is 11.0 Å². The number of imidazole rings is 1. The molecule has 3 rings (SSSR count). The van der Waals surface area contributed by atoms with Gasteiger partial charge < -0.3 is 9.88 Å². The van der Waals surface area contributed by atoms with Crippen LogP contribution in [-0.4, -0.2) is 21.5 Å². The number of carbonyl (C=O) groups excluding carboxylic acids is 1. The summed E-state index contributed by atoms with van der Waals surface area (Å²) in [5.41, 5.74) is 0.264. The van der Waals surface area contributed by atoms with Crippen molar-refractivity contribution in [3.63, 3.8) is 0 Å². The summed E-state index contributed by atoms with van der Waals surface area (Å²) < 4.78 is 28.9. The van der Waals surface area contributed by atoms with Crippen molar-refractivity contribution < 1.29 is 13.6 Å². The third-order valence-corrected chi connectivity index (χ3v) is 3.87. The van der Waals surface area contributed by atoms with Gasteiger partial charge in [-0.05, 0) is 31.9 Å². The van der Waals surface area contributed by atoms with Gasteiger partial charge in [-0.1, -0.05) is 0 Å². The molecule has 1 atom stereocenters. The predicted octanol–water partition coefficient (Wildman–Crippen LogP) is 2.89. The maximum Gasteiger partial charge on any atom is 0.243 e. The van der Waals surface area contributed by atoms with E-state index in [-0.39, 0.29) is 28.9 Å². The number of halogens is 3. The van der Waals surface area contributed by atoms with Crippen molar-refractivity contribution in [2.45, 2.75) is 37.7 Å². The number of nitrogens with one attached hydrogen (secondary N) is 1. The van der Waals surface area contributed by atoms with Gasteiger partial charge in [0.05, 0.1) is 11.4 Å². The third kappa shape index (κ3) is 2.48. The molecule has 1 fully saturated rings. The second kappa shape index (κ2) is 5.26. The lowest BCUT2D eigenvalue weighted by Gasteiger charge is -2.17. The maximum atomic E-state index is 14.1. The summed E-state index contributed by atoms with van der Waals surface area (Å²) >= 11 is 5.83. The molecule has 2 aromatic rings.